The van der Waals surface area contributed by atoms with Crippen molar-refractivity contribution in [3.63, 3.8) is 0 Å². The zero-order valence-electron chi connectivity index (χ0n) is 12.9. The first kappa shape index (κ1) is 16.4. The van der Waals surface area contributed by atoms with Crippen molar-refractivity contribution < 1.29 is 18.0 Å². The van der Waals surface area contributed by atoms with Crippen LogP contribution in [0.3, 0.4) is 0 Å². The van der Waals surface area contributed by atoms with Gasteiger partial charge in [0.2, 0.25) is 0 Å². The van der Waals surface area contributed by atoms with Crippen LogP contribution in [0.5, 0.6) is 0 Å². The van der Waals surface area contributed by atoms with Gasteiger partial charge in [-0.2, -0.15) is 13.2 Å². The summed E-state index contributed by atoms with van der Waals surface area (Å²) in [5.41, 5.74) is -0.467. The molecule has 1 aliphatic rings. The monoisotopic (exact) mass is 339 g/mol. The molecule has 1 N–H and O–H groups in total. The maximum absolute atomic E-state index is 12.8. The van der Waals surface area contributed by atoms with Crippen molar-refractivity contribution >= 4 is 5.91 Å². The molecule has 0 aliphatic carbocycles. The van der Waals surface area contributed by atoms with Crippen LogP contribution in [0.15, 0.2) is 30.5 Å². The Morgan fingerprint density at radius 1 is 1.38 bits per heavy atom. The van der Waals surface area contributed by atoms with E-state index in [-0.39, 0.29) is 23.3 Å². The predicted molar refractivity (Wildman–Crippen MR) is 79.7 cm³/mol. The molecule has 0 bridgehead atoms. The number of hydrogen-bond acceptors (Lipinski definition) is 4. The zero-order valence-corrected chi connectivity index (χ0v) is 12.9. The molecule has 24 heavy (non-hydrogen) atoms. The second-order valence-corrected chi connectivity index (χ2v) is 5.70. The molecule has 1 aliphatic heterocycles. The molecule has 1 unspecified atom stereocenters. The zero-order chi connectivity index (χ0) is 17.3. The van der Waals surface area contributed by atoms with E-state index >= 15 is 0 Å². The Labute approximate surface area is 136 Å². The van der Waals surface area contributed by atoms with Gasteiger partial charge in [-0.1, -0.05) is 11.3 Å². The van der Waals surface area contributed by atoms with E-state index in [0.29, 0.717) is 19.6 Å². The first-order chi connectivity index (χ1) is 11.3. The molecule has 1 saturated heterocycles. The van der Waals surface area contributed by atoms with Crippen molar-refractivity contribution in [1.29, 1.82) is 0 Å². The lowest BCUT2D eigenvalue weighted by Gasteiger charge is -2.31. The maximum Gasteiger partial charge on any atom is 0.416 e. The molecule has 1 fully saturated rings. The number of halogens is 3. The van der Waals surface area contributed by atoms with E-state index in [1.165, 1.54) is 23.0 Å². The average Bonchev–Trinajstić information content (AvgIpc) is 3.03. The lowest BCUT2D eigenvalue weighted by molar-refractivity contribution is -0.137. The molecule has 128 valence electrons. The normalized spacial score (nSPS) is 18.7. The molecule has 1 aromatic heterocycles. The van der Waals surface area contributed by atoms with Gasteiger partial charge in [-0.3, -0.25) is 4.79 Å². The Kier molecular flexibility index (Phi) is 4.27. The molecular weight excluding hydrogens is 323 g/mol. The number of nitrogens with zero attached hydrogens (tertiary/aromatic N) is 4. The molecule has 2 heterocycles. The third kappa shape index (κ3) is 3.40. The fourth-order valence-electron chi connectivity index (χ4n) is 2.59. The molecule has 0 radical (unpaired) electrons. The number of piperazine rings is 1. The molecule has 1 amide bonds. The largest absolute Gasteiger partial charge is 0.416 e. The van der Waals surface area contributed by atoms with Crippen LogP contribution in [0.25, 0.3) is 5.69 Å². The quantitative estimate of drug-likeness (QED) is 0.905. The molecular formula is C15H16F3N5O. The molecule has 2 aromatic rings. The van der Waals surface area contributed by atoms with Gasteiger partial charge >= 0.3 is 6.18 Å². The number of amides is 1. The smallest absolute Gasteiger partial charge is 0.334 e. The Hall–Kier alpha value is -2.42. The van der Waals surface area contributed by atoms with Crippen LogP contribution in [-0.4, -0.2) is 51.5 Å². The van der Waals surface area contributed by atoms with Crippen molar-refractivity contribution in [2.45, 2.75) is 19.1 Å². The van der Waals surface area contributed by atoms with Crippen molar-refractivity contribution in [3.05, 3.63) is 41.7 Å². The Bertz CT molecular complexity index is 743. The maximum atomic E-state index is 12.8. The van der Waals surface area contributed by atoms with Crippen LogP contribution >= 0.6 is 0 Å². The van der Waals surface area contributed by atoms with Gasteiger partial charge in [-0.05, 0) is 25.1 Å². The van der Waals surface area contributed by atoms with Gasteiger partial charge in [0.05, 0.1) is 17.4 Å². The highest BCUT2D eigenvalue weighted by Gasteiger charge is 2.30. The van der Waals surface area contributed by atoms with E-state index < -0.39 is 11.7 Å². The summed E-state index contributed by atoms with van der Waals surface area (Å²) in [6.45, 7) is 3.77. The standard InChI is InChI=1S/C15H16F3N5O/c1-10-8-22(6-5-19-10)14(24)13-9-23(21-20-13)12-4-2-3-11(7-12)15(16,17)18/h2-4,7,9-10,19H,5-6,8H2,1H3. The van der Waals surface area contributed by atoms with Crippen LogP contribution < -0.4 is 5.32 Å². The van der Waals surface area contributed by atoms with Crippen molar-refractivity contribution in [2.24, 2.45) is 0 Å². The SMILES string of the molecule is CC1CN(C(=O)c2cn(-c3cccc(C(F)(F)F)c3)nn2)CCN1. The highest BCUT2D eigenvalue weighted by Crippen LogP contribution is 2.30. The minimum atomic E-state index is -4.44. The molecule has 1 atom stereocenters. The van der Waals surface area contributed by atoms with Crippen LogP contribution in [-0.2, 0) is 6.18 Å². The topological polar surface area (TPSA) is 63.1 Å². The molecule has 0 saturated carbocycles. The Balaban J connectivity index is 1.82. The third-order valence-corrected chi connectivity index (χ3v) is 3.81. The highest BCUT2D eigenvalue weighted by atomic mass is 19.4. The van der Waals surface area contributed by atoms with Gasteiger partial charge in [-0.25, -0.2) is 4.68 Å². The average molecular weight is 339 g/mol. The third-order valence-electron chi connectivity index (χ3n) is 3.81. The van der Waals surface area contributed by atoms with E-state index in [1.54, 1.807) is 4.90 Å². The van der Waals surface area contributed by atoms with Gasteiger partial charge in [0, 0.05) is 25.7 Å². The molecule has 3 rings (SSSR count). The highest BCUT2D eigenvalue weighted by molar-refractivity contribution is 5.92. The predicted octanol–water partition coefficient (Wildman–Crippen LogP) is 1.72. The van der Waals surface area contributed by atoms with E-state index in [9.17, 15) is 18.0 Å². The summed E-state index contributed by atoms with van der Waals surface area (Å²) in [4.78, 5) is 14.1. The van der Waals surface area contributed by atoms with E-state index in [2.05, 4.69) is 15.6 Å². The summed E-state index contributed by atoms with van der Waals surface area (Å²) in [7, 11) is 0. The first-order valence-electron chi connectivity index (χ1n) is 7.47. The van der Waals surface area contributed by atoms with Crippen LogP contribution in [0.2, 0.25) is 0 Å². The summed E-state index contributed by atoms with van der Waals surface area (Å²) >= 11 is 0. The second-order valence-electron chi connectivity index (χ2n) is 5.70. The number of carbonyl (C=O) groups excluding carboxylic acids is 1. The second kappa shape index (κ2) is 6.23. The van der Waals surface area contributed by atoms with E-state index in [4.69, 9.17) is 0 Å². The van der Waals surface area contributed by atoms with Crippen LogP contribution in [0.1, 0.15) is 23.0 Å². The van der Waals surface area contributed by atoms with E-state index in [0.717, 1.165) is 12.1 Å². The summed E-state index contributed by atoms with van der Waals surface area (Å²) in [6, 6.07) is 4.90. The van der Waals surface area contributed by atoms with Gasteiger partial charge in [-0.15, -0.1) is 5.10 Å². The Morgan fingerprint density at radius 2 is 2.17 bits per heavy atom. The number of nitrogens with one attached hydrogen (secondary N) is 1. The van der Waals surface area contributed by atoms with Crippen LogP contribution in [0.4, 0.5) is 13.2 Å². The van der Waals surface area contributed by atoms with Gasteiger partial charge in [0.15, 0.2) is 5.69 Å². The summed E-state index contributed by atoms with van der Waals surface area (Å²) in [5, 5.41) is 10.8. The van der Waals surface area contributed by atoms with Gasteiger partial charge in [0.25, 0.3) is 5.91 Å². The first-order valence-corrected chi connectivity index (χ1v) is 7.47. The fraction of sp³-hybridized carbons (Fsp3) is 0.400. The van der Waals surface area contributed by atoms with Crippen molar-refractivity contribution in [1.82, 2.24) is 25.2 Å². The molecule has 9 heteroatoms. The number of rotatable bonds is 2. The molecule has 0 spiro atoms. The fourth-order valence-corrected chi connectivity index (χ4v) is 2.59. The summed E-state index contributed by atoms with van der Waals surface area (Å²) < 4.78 is 39.5. The Morgan fingerprint density at radius 3 is 2.88 bits per heavy atom. The van der Waals surface area contributed by atoms with Crippen molar-refractivity contribution in [3.8, 4) is 5.69 Å². The summed E-state index contributed by atoms with van der Waals surface area (Å²) in [6.07, 6.45) is -3.09. The molecule has 6 nitrogen and oxygen atoms in total. The summed E-state index contributed by atoms with van der Waals surface area (Å²) in [5.74, 6) is -0.276. The number of hydrogen-bond donors (Lipinski definition) is 1. The lowest BCUT2D eigenvalue weighted by atomic mass is 10.2. The van der Waals surface area contributed by atoms with Gasteiger partial charge < -0.3 is 10.2 Å². The number of alkyl halides is 3. The van der Waals surface area contributed by atoms with Crippen LogP contribution in [0, 0.1) is 0 Å². The van der Waals surface area contributed by atoms with Gasteiger partial charge in [0.1, 0.15) is 0 Å². The van der Waals surface area contributed by atoms with Crippen molar-refractivity contribution in [2.75, 3.05) is 19.6 Å². The number of benzene rings is 1. The lowest BCUT2D eigenvalue weighted by Crippen LogP contribution is -2.51. The van der Waals surface area contributed by atoms with E-state index in [1.807, 2.05) is 6.92 Å². The minimum Gasteiger partial charge on any atom is -0.334 e. The molecule has 1 aromatic carbocycles. The minimum absolute atomic E-state index is 0.113. The number of aromatic nitrogens is 3. The number of carbonyl (C=O) groups is 1.